The van der Waals surface area contributed by atoms with Crippen molar-refractivity contribution in [3.8, 4) is 0 Å². The second-order valence-electron chi connectivity index (χ2n) is 5.96. The number of para-hydroxylation sites is 1. The smallest absolute Gasteiger partial charge is 0.257 e. The number of hydrogen-bond donors (Lipinski definition) is 1. The normalized spacial score (nSPS) is 11.5. The summed E-state index contributed by atoms with van der Waals surface area (Å²) in [6, 6.07) is 14.1. The molecule has 0 atom stereocenters. The molecule has 1 N–H and O–H groups in total. The van der Waals surface area contributed by atoms with Gasteiger partial charge in [-0.2, -0.15) is 0 Å². The lowest BCUT2D eigenvalue weighted by atomic mass is 10.2. The van der Waals surface area contributed by atoms with Crippen LogP contribution in [0.1, 0.15) is 16.1 Å². The number of thiazole rings is 2. The second-order valence-corrected chi connectivity index (χ2v) is 9.50. The number of benzene rings is 2. The van der Waals surface area contributed by atoms with Crippen molar-refractivity contribution in [3.63, 3.8) is 0 Å². The molecule has 1 amide bonds. The molecule has 0 aliphatic rings. The maximum absolute atomic E-state index is 12.8. The molecule has 156 valence electrons. The van der Waals surface area contributed by atoms with Gasteiger partial charge in [-0.1, -0.05) is 28.9 Å². The first-order valence-electron chi connectivity index (χ1n) is 8.75. The van der Waals surface area contributed by atoms with Crippen LogP contribution in [0.3, 0.4) is 0 Å². The predicted octanol–water partition coefficient (Wildman–Crippen LogP) is 5.33. The Labute approximate surface area is 194 Å². The number of nitrogens with one attached hydrogen (secondary N) is 1. The molecule has 0 bridgehead atoms. The van der Waals surface area contributed by atoms with E-state index in [1.165, 1.54) is 29.8 Å². The number of nitrogens with zero attached hydrogens (tertiary/aromatic N) is 3. The van der Waals surface area contributed by atoms with Crippen LogP contribution in [0, 0.1) is 0 Å². The van der Waals surface area contributed by atoms with Crippen LogP contribution >= 0.6 is 46.0 Å². The quantitative estimate of drug-likeness (QED) is 0.224. The minimum absolute atomic E-state index is 0.0370. The third-order valence-corrected chi connectivity index (χ3v) is 6.89. The summed E-state index contributed by atoms with van der Waals surface area (Å²) in [6.07, 6.45) is 0. The van der Waals surface area contributed by atoms with Crippen molar-refractivity contribution in [2.45, 2.75) is 4.34 Å². The Morgan fingerprint density at radius 1 is 1.13 bits per heavy atom. The van der Waals surface area contributed by atoms with Crippen molar-refractivity contribution >= 4 is 78.1 Å². The molecule has 0 aliphatic heterocycles. The predicted molar refractivity (Wildman–Crippen MR) is 126 cm³/mol. The monoisotopic (exact) mass is 488 g/mol. The molecule has 0 saturated heterocycles. The fraction of sp³-hybridized carbons (Fsp3) is 0.0500. The molecule has 4 aromatic rings. The van der Waals surface area contributed by atoms with E-state index in [-0.39, 0.29) is 16.7 Å². The van der Waals surface area contributed by atoms with Crippen LogP contribution in [0.4, 0.5) is 5.13 Å². The molecule has 0 aliphatic carbocycles. The molecule has 2 aromatic heterocycles. The average molecular weight is 489 g/mol. The van der Waals surface area contributed by atoms with Crippen molar-refractivity contribution in [2.75, 3.05) is 12.4 Å². The fourth-order valence-corrected chi connectivity index (χ4v) is 5.23. The summed E-state index contributed by atoms with van der Waals surface area (Å²) in [7, 11) is 1.35. The molecule has 11 heteroatoms. The van der Waals surface area contributed by atoms with Crippen molar-refractivity contribution in [1.29, 1.82) is 0 Å². The van der Waals surface area contributed by atoms with Crippen LogP contribution < -0.4 is 5.32 Å². The molecule has 4 rings (SSSR count). The van der Waals surface area contributed by atoms with Crippen molar-refractivity contribution in [3.05, 3.63) is 70.2 Å². The number of oxime groups is 1. The van der Waals surface area contributed by atoms with E-state index in [1.807, 2.05) is 24.3 Å². The first kappa shape index (κ1) is 21.4. The van der Waals surface area contributed by atoms with Gasteiger partial charge in [0.05, 0.1) is 10.2 Å². The van der Waals surface area contributed by atoms with E-state index < -0.39 is 0 Å². The number of hydrogen-bond acceptors (Lipinski definition) is 9. The number of fused-ring (bicyclic) bond motifs is 1. The maximum atomic E-state index is 12.8. The van der Waals surface area contributed by atoms with Crippen LogP contribution in [-0.4, -0.2) is 33.8 Å². The molecule has 0 saturated carbocycles. The van der Waals surface area contributed by atoms with Gasteiger partial charge < -0.3 is 4.84 Å². The fourth-order valence-electron chi connectivity index (χ4n) is 2.51. The summed E-state index contributed by atoms with van der Waals surface area (Å²) < 4.78 is 1.59. The molecule has 0 radical (unpaired) electrons. The summed E-state index contributed by atoms with van der Waals surface area (Å²) in [4.78, 5) is 38.8. The van der Waals surface area contributed by atoms with Crippen LogP contribution in [0.5, 0.6) is 0 Å². The van der Waals surface area contributed by atoms with Crippen LogP contribution in [-0.2, 0) is 9.63 Å². The summed E-state index contributed by atoms with van der Waals surface area (Å²) in [5, 5.41) is 8.69. The number of carbonyl (C=O) groups is 2. The molecule has 0 unspecified atom stereocenters. The van der Waals surface area contributed by atoms with Crippen molar-refractivity contribution in [1.82, 2.24) is 9.97 Å². The largest absolute Gasteiger partial charge is 0.398 e. The van der Waals surface area contributed by atoms with Crippen LogP contribution in [0.15, 0.2) is 63.4 Å². The number of thioether (sulfide) groups is 1. The van der Waals surface area contributed by atoms with E-state index in [1.54, 1.807) is 29.6 Å². The van der Waals surface area contributed by atoms with Gasteiger partial charge in [0, 0.05) is 16.0 Å². The Balaban J connectivity index is 1.50. The Bertz CT molecular complexity index is 1250. The number of rotatable bonds is 6. The topological polar surface area (TPSA) is 93.5 Å². The van der Waals surface area contributed by atoms with Gasteiger partial charge in [0.2, 0.25) is 5.12 Å². The molecule has 2 heterocycles. The molecule has 0 fully saturated rings. The van der Waals surface area contributed by atoms with Gasteiger partial charge in [0.1, 0.15) is 12.8 Å². The number of amides is 1. The zero-order valence-corrected chi connectivity index (χ0v) is 19.1. The number of halogens is 1. The lowest BCUT2D eigenvalue weighted by Crippen LogP contribution is -2.14. The zero-order chi connectivity index (χ0) is 21.8. The van der Waals surface area contributed by atoms with Crippen LogP contribution in [0.25, 0.3) is 10.2 Å². The molecule has 0 spiro atoms. The Morgan fingerprint density at radius 2 is 1.90 bits per heavy atom. The van der Waals surface area contributed by atoms with Crippen molar-refractivity contribution < 1.29 is 14.4 Å². The summed E-state index contributed by atoms with van der Waals surface area (Å²) in [5.74, 6) is -0.335. The van der Waals surface area contributed by atoms with E-state index in [9.17, 15) is 9.59 Å². The van der Waals surface area contributed by atoms with E-state index in [4.69, 9.17) is 16.4 Å². The van der Waals surface area contributed by atoms with Gasteiger partial charge in [-0.3, -0.25) is 14.9 Å². The summed E-state index contributed by atoms with van der Waals surface area (Å²) in [6.45, 7) is 0. The lowest BCUT2D eigenvalue weighted by Gasteiger charge is -2.02. The van der Waals surface area contributed by atoms with E-state index >= 15 is 0 Å². The highest BCUT2D eigenvalue weighted by atomic mass is 35.5. The highest BCUT2D eigenvalue weighted by Gasteiger charge is 2.22. The minimum atomic E-state index is -0.359. The standard InChI is InChI=1S/C20H13ClN4O3S3/c1-28-25-16(18(27)31-20-23-13-4-2-3-5-15(13)30-20)14-10-29-19(22-14)24-17(26)11-6-8-12(21)9-7-11/h2-10H,1H3,(H,22,24,26). The Hall–Kier alpha value is -2.79. The molecular weight excluding hydrogens is 476 g/mol. The number of aromatic nitrogens is 2. The van der Waals surface area contributed by atoms with E-state index in [0.29, 0.717) is 25.8 Å². The first-order valence-corrected chi connectivity index (χ1v) is 11.6. The van der Waals surface area contributed by atoms with E-state index in [2.05, 4.69) is 20.4 Å². The SMILES string of the molecule is CON=C(C(=O)Sc1nc2ccccc2s1)c1csc(NC(=O)c2ccc(Cl)cc2)n1. The van der Waals surface area contributed by atoms with Gasteiger partial charge in [-0.25, -0.2) is 9.97 Å². The third-order valence-electron chi connectivity index (χ3n) is 3.90. The van der Waals surface area contributed by atoms with Crippen molar-refractivity contribution in [2.24, 2.45) is 5.16 Å². The zero-order valence-electron chi connectivity index (χ0n) is 15.9. The van der Waals surface area contributed by atoms with Gasteiger partial charge in [0.25, 0.3) is 5.91 Å². The van der Waals surface area contributed by atoms with Gasteiger partial charge in [0.15, 0.2) is 15.2 Å². The van der Waals surface area contributed by atoms with Gasteiger partial charge in [-0.15, -0.1) is 22.7 Å². The lowest BCUT2D eigenvalue weighted by molar-refractivity contribution is -0.105. The maximum Gasteiger partial charge on any atom is 0.257 e. The summed E-state index contributed by atoms with van der Waals surface area (Å²) >= 11 is 9.40. The molecular formula is C20H13ClN4O3S3. The van der Waals surface area contributed by atoms with Gasteiger partial charge >= 0.3 is 0 Å². The molecule has 31 heavy (non-hydrogen) atoms. The van der Waals surface area contributed by atoms with Gasteiger partial charge in [-0.05, 0) is 48.2 Å². The number of carbonyl (C=O) groups excluding carboxylic acids is 2. The minimum Gasteiger partial charge on any atom is -0.398 e. The highest BCUT2D eigenvalue weighted by Crippen LogP contribution is 2.31. The summed E-state index contributed by atoms with van der Waals surface area (Å²) in [5.41, 5.74) is 1.61. The Morgan fingerprint density at radius 3 is 2.65 bits per heavy atom. The number of anilines is 1. The van der Waals surface area contributed by atoms with E-state index in [0.717, 1.165) is 22.0 Å². The highest BCUT2D eigenvalue weighted by molar-refractivity contribution is 8.16. The third kappa shape index (κ3) is 5.10. The second kappa shape index (κ2) is 9.56. The Kier molecular flexibility index (Phi) is 6.62. The average Bonchev–Trinajstić information content (AvgIpc) is 3.38. The molecule has 2 aromatic carbocycles. The molecule has 7 nitrogen and oxygen atoms in total. The van der Waals surface area contributed by atoms with Crippen LogP contribution in [0.2, 0.25) is 5.02 Å². The first-order chi connectivity index (χ1) is 15.0.